The molecule has 18 heavy (non-hydrogen) atoms. The van der Waals surface area contributed by atoms with Crippen molar-refractivity contribution in [2.24, 2.45) is 0 Å². The highest BCUT2D eigenvalue weighted by Gasteiger charge is 2.16. The maximum absolute atomic E-state index is 10.8. The van der Waals surface area contributed by atoms with Crippen molar-refractivity contribution in [3.05, 3.63) is 52.6 Å². The molecule has 0 saturated carbocycles. The van der Waals surface area contributed by atoms with Gasteiger partial charge in [0.05, 0.1) is 16.7 Å². The van der Waals surface area contributed by atoms with Gasteiger partial charge in [0, 0.05) is 0 Å². The van der Waals surface area contributed by atoms with Crippen molar-refractivity contribution in [2.45, 2.75) is 0 Å². The molecule has 0 saturated heterocycles. The number of para-hydroxylation sites is 1. The second-order valence-corrected chi connectivity index (χ2v) is 3.62. The molecule has 0 atom stereocenters. The third-order valence-electron chi connectivity index (χ3n) is 2.33. The quantitative estimate of drug-likeness (QED) is 0.491. The van der Waals surface area contributed by atoms with Crippen molar-refractivity contribution >= 4 is 17.1 Å². The number of ether oxygens (including phenoxy) is 1. The Balaban J connectivity index is 2.39. The van der Waals surface area contributed by atoms with Crippen LogP contribution >= 0.6 is 0 Å². The first kappa shape index (κ1) is 11.7. The largest absolute Gasteiger partial charge is 0.455 e. The van der Waals surface area contributed by atoms with Gasteiger partial charge in [0.1, 0.15) is 11.4 Å². The second-order valence-electron chi connectivity index (χ2n) is 3.62. The zero-order valence-electron chi connectivity index (χ0n) is 9.37. The van der Waals surface area contributed by atoms with Crippen LogP contribution < -0.4 is 16.2 Å². The van der Waals surface area contributed by atoms with Crippen molar-refractivity contribution in [1.82, 2.24) is 0 Å². The summed E-state index contributed by atoms with van der Waals surface area (Å²) in [5.74, 6) is 0.755. The fourth-order valence-electron chi connectivity index (χ4n) is 1.47. The number of hydrogen-bond acceptors (Lipinski definition) is 5. The first-order valence-electron chi connectivity index (χ1n) is 5.14. The highest BCUT2D eigenvalue weighted by atomic mass is 16.6. The van der Waals surface area contributed by atoms with E-state index in [1.54, 1.807) is 24.3 Å². The topological polar surface area (TPSA) is 104 Å². The van der Waals surface area contributed by atoms with Gasteiger partial charge in [-0.15, -0.1) is 0 Å². The van der Waals surface area contributed by atoms with Gasteiger partial charge in [-0.1, -0.05) is 18.2 Å². The lowest BCUT2D eigenvalue weighted by Crippen LogP contribution is -1.99. The van der Waals surface area contributed by atoms with Crippen molar-refractivity contribution in [3.63, 3.8) is 0 Å². The van der Waals surface area contributed by atoms with Crippen LogP contribution in [0.1, 0.15) is 0 Å². The molecule has 2 aromatic rings. The molecule has 6 nitrogen and oxygen atoms in total. The summed E-state index contributed by atoms with van der Waals surface area (Å²) in [7, 11) is 0. The van der Waals surface area contributed by atoms with Gasteiger partial charge in [0.15, 0.2) is 5.75 Å². The molecule has 0 aliphatic rings. The normalized spacial score (nSPS) is 10.0. The van der Waals surface area contributed by atoms with Gasteiger partial charge in [0.25, 0.3) is 5.69 Å². The molecule has 4 N–H and O–H groups in total. The smallest absolute Gasteiger partial charge is 0.295 e. The molecule has 92 valence electrons. The Hall–Kier alpha value is -2.76. The molecule has 0 heterocycles. The Kier molecular flexibility index (Phi) is 3.01. The number of nitrogens with zero attached hydrogens (tertiary/aromatic N) is 1. The van der Waals surface area contributed by atoms with E-state index in [-0.39, 0.29) is 22.8 Å². The summed E-state index contributed by atoms with van der Waals surface area (Å²) in [5.41, 5.74) is 11.3. The average molecular weight is 245 g/mol. The minimum absolute atomic E-state index is 0.0120. The first-order chi connectivity index (χ1) is 8.58. The van der Waals surface area contributed by atoms with Crippen LogP contribution in [0.25, 0.3) is 0 Å². The number of nitrogen functional groups attached to an aromatic ring is 2. The molecule has 0 aliphatic heterocycles. The van der Waals surface area contributed by atoms with E-state index in [0.717, 1.165) is 0 Å². The average Bonchev–Trinajstić information content (AvgIpc) is 2.33. The summed E-state index contributed by atoms with van der Waals surface area (Å²) in [6.45, 7) is 0. The summed E-state index contributed by atoms with van der Waals surface area (Å²) in [4.78, 5) is 10.2. The molecule has 0 amide bonds. The molecule has 0 fully saturated rings. The van der Waals surface area contributed by atoms with Crippen LogP contribution in [0.3, 0.4) is 0 Å². The number of rotatable bonds is 3. The van der Waals surface area contributed by atoms with Crippen molar-refractivity contribution in [3.8, 4) is 11.5 Å². The molecule has 0 bridgehead atoms. The molecule has 2 rings (SSSR count). The molecule has 0 aliphatic carbocycles. The van der Waals surface area contributed by atoms with Crippen LogP contribution in [0.15, 0.2) is 42.5 Å². The van der Waals surface area contributed by atoms with E-state index in [9.17, 15) is 10.1 Å². The van der Waals surface area contributed by atoms with Gasteiger partial charge in [-0.2, -0.15) is 0 Å². The zero-order valence-corrected chi connectivity index (χ0v) is 9.37. The number of nitrogens with two attached hydrogens (primary N) is 2. The molecule has 0 unspecified atom stereocenters. The Labute approximate surface area is 103 Å². The summed E-state index contributed by atoms with van der Waals surface area (Å²) >= 11 is 0. The van der Waals surface area contributed by atoms with Gasteiger partial charge < -0.3 is 16.2 Å². The lowest BCUT2D eigenvalue weighted by Gasteiger charge is -2.09. The second kappa shape index (κ2) is 4.62. The fourth-order valence-corrected chi connectivity index (χ4v) is 1.47. The molecule has 0 aromatic heterocycles. The number of hydrogen-bond donors (Lipinski definition) is 2. The van der Waals surface area contributed by atoms with Gasteiger partial charge in [0.2, 0.25) is 0 Å². The van der Waals surface area contributed by atoms with Gasteiger partial charge in [-0.3, -0.25) is 10.1 Å². The Morgan fingerprint density at radius 2 is 1.72 bits per heavy atom. The van der Waals surface area contributed by atoms with Crippen LogP contribution in [0.4, 0.5) is 17.1 Å². The standard InChI is InChI=1S/C12H11N3O3/c13-9-6-10(14)12(7-11(9)15(16)17)18-8-4-2-1-3-5-8/h1-7H,13-14H2. The fraction of sp³-hybridized carbons (Fsp3) is 0. The highest BCUT2D eigenvalue weighted by molar-refractivity contribution is 5.71. The Morgan fingerprint density at radius 3 is 2.33 bits per heavy atom. The number of nitro groups is 1. The van der Waals surface area contributed by atoms with Crippen LogP contribution in [0.5, 0.6) is 11.5 Å². The minimum atomic E-state index is -0.577. The van der Waals surface area contributed by atoms with Crippen molar-refractivity contribution in [2.75, 3.05) is 11.5 Å². The third kappa shape index (κ3) is 2.32. The summed E-state index contributed by atoms with van der Waals surface area (Å²) in [5, 5.41) is 10.8. The zero-order chi connectivity index (χ0) is 13.1. The summed E-state index contributed by atoms with van der Waals surface area (Å²) in [6.07, 6.45) is 0. The van der Waals surface area contributed by atoms with Gasteiger partial charge in [-0.05, 0) is 18.2 Å². The number of nitro benzene ring substituents is 1. The van der Waals surface area contributed by atoms with E-state index in [1.165, 1.54) is 12.1 Å². The number of anilines is 2. The van der Waals surface area contributed by atoms with Crippen LogP contribution in [-0.4, -0.2) is 4.92 Å². The molecule has 6 heteroatoms. The van der Waals surface area contributed by atoms with E-state index in [0.29, 0.717) is 5.75 Å². The molecule has 0 radical (unpaired) electrons. The van der Waals surface area contributed by atoms with Gasteiger partial charge >= 0.3 is 0 Å². The lowest BCUT2D eigenvalue weighted by atomic mass is 10.2. The van der Waals surface area contributed by atoms with Crippen LogP contribution in [-0.2, 0) is 0 Å². The van der Waals surface area contributed by atoms with Crippen LogP contribution in [0, 0.1) is 10.1 Å². The maximum atomic E-state index is 10.8. The third-order valence-corrected chi connectivity index (χ3v) is 2.33. The van der Waals surface area contributed by atoms with Crippen molar-refractivity contribution < 1.29 is 9.66 Å². The summed E-state index contributed by atoms with van der Waals surface area (Å²) < 4.78 is 5.47. The number of benzene rings is 2. The predicted molar refractivity (Wildman–Crippen MR) is 68.4 cm³/mol. The van der Waals surface area contributed by atoms with Gasteiger partial charge in [-0.25, -0.2) is 0 Å². The summed E-state index contributed by atoms with van der Waals surface area (Å²) in [6, 6.07) is 11.4. The van der Waals surface area contributed by atoms with Crippen LogP contribution in [0.2, 0.25) is 0 Å². The molecule has 2 aromatic carbocycles. The SMILES string of the molecule is Nc1cc(N)c([N+](=O)[O-])cc1Oc1ccccc1. The van der Waals surface area contributed by atoms with E-state index in [4.69, 9.17) is 16.2 Å². The van der Waals surface area contributed by atoms with E-state index < -0.39 is 4.92 Å². The predicted octanol–water partition coefficient (Wildman–Crippen LogP) is 2.55. The highest BCUT2D eigenvalue weighted by Crippen LogP contribution is 2.35. The lowest BCUT2D eigenvalue weighted by molar-refractivity contribution is -0.383. The Morgan fingerprint density at radius 1 is 1.06 bits per heavy atom. The maximum Gasteiger partial charge on any atom is 0.295 e. The molecule has 0 spiro atoms. The molecular weight excluding hydrogens is 234 g/mol. The van der Waals surface area contributed by atoms with E-state index in [2.05, 4.69) is 0 Å². The van der Waals surface area contributed by atoms with Crippen molar-refractivity contribution in [1.29, 1.82) is 0 Å². The van der Waals surface area contributed by atoms with E-state index in [1.807, 2.05) is 6.07 Å². The monoisotopic (exact) mass is 245 g/mol. The van der Waals surface area contributed by atoms with E-state index >= 15 is 0 Å². The molecular formula is C12H11N3O3. The Bertz CT molecular complexity index is 585. The minimum Gasteiger partial charge on any atom is -0.455 e. The first-order valence-corrected chi connectivity index (χ1v) is 5.14.